The number of hydrogen-bond donors (Lipinski definition) is 0. The molecule has 10 heteroatoms. The second kappa shape index (κ2) is 14.1. The number of ether oxygens (including phenoxy) is 6. The maximum Gasteiger partial charge on any atom is 0.344 e. The molecule has 0 atom stereocenters. The second-order valence-electron chi connectivity index (χ2n) is 12.3. The van der Waals surface area contributed by atoms with Gasteiger partial charge in [0.1, 0.15) is 34.5 Å². The number of rotatable bonds is 9. The van der Waals surface area contributed by atoms with Crippen LogP contribution >= 0.6 is 0 Å². The molecule has 8 rings (SSSR count). The van der Waals surface area contributed by atoms with E-state index in [1.807, 2.05) is 12.1 Å². The molecule has 54 heavy (non-hydrogen) atoms. The van der Waals surface area contributed by atoms with Crippen LogP contribution < -0.4 is 28.4 Å². The minimum absolute atomic E-state index is 0.254. The summed E-state index contributed by atoms with van der Waals surface area (Å²) in [5.74, 6) is 1.51. The monoisotopic (exact) mass is 716 g/mol. The van der Waals surface area contributed by atoms with Crippen molar-refractivity contribution in [1.82, 2.24) is 9.97 Å². The summed E-state index contributed by atoms with van der Waals surface area (Å²) in [5, 5.41) is 2.21. The first-order chi connectivity index (χ1) is 26.4. The summed E-state index contributed by atoms with van der Waals surface area (Å²) in [6, 6.07) is 35.6. The van der Waals surface area contributed by atoms with Gasteiger partial charge in [-0.15, -0.1) is 0 Å². The Morgan fingerprint density at radius 2 is 0.704 bits per heavy atom. The highest BCUT2D eigenvalue weighted by Gasteiger charge is 2.24. The Balaban J connectivity index is 1.22. The standard InChI is InChI=1S/C44H32N2O8/c1-49-25-13-17-35-31(21-25)41(32-22-26(50-2)14-18-36(32)45-35)43(47)53-39-11-7-5-9-29(39)30-10-6-8-12-40(30)54-44(48)42-33-23-27(51-3)15-19-37(33)46-38-20-16-28(52-4)24-34(38)42/h5-24H,1-4H3. The van der Waals surface area contributed by atoms with Gasteiger partial charge in [0.25, 0.3) is 0 Å². The maximum atomic E-state index is 14.4. The number of carbonyl (C=O) groups is 2. The van der Waals surface area contributed by atoms with Crippen LogP contribution in [0.2, 0.25) is 0 Å². The van der Waals surface area contributed by atoms with Gasteiger partial charge in [0.2, 0.25) is 0 Å². The molecule has 0 saturated heterocycles. The molecular formula is C44H32N2O8. The molecule has 6 aromatic carbocycles. The zero-order valence-electron chi connectivity index (χ0n) is 29.7. The Labute approximate surface area is 309 Å². The third-order valence-electron chi connectivity index (χ3n) is 9.25. The third kappa shape index (κ3) is 6.09. The number of esters is 2. The molecule has 0 radical (unpaired) electrons. The molecule has 0 bridgehead atoms. The number of para-hydroxylation sites is 2. The van der Waals surface area contributed by atoms with Crippen LogP contribution in [0.1, 0.15) is 20.7 Å². The summed E-state index contributed by atoms with van der Waals surface area (Å²) in [5.41, 5.74) is 4.03. The van der Waals surface area contributed by atoms with E-state index in [1.165, 1.54) is 0 Å². The zero-order valence-corrected chi connectivity index (χ0v) is 29.7. The van der Waals surface area contributed by atoms with E-state index in [0.29, 0.717) is 88.9 Å². The Kier molecular flexibility index (Phi) is 8.84. The second-order valence-corrected chi connectivity index (χ2v) is 12.3. The molecule has 0 amide bonds. The lowest BCUT2D eigenvalue weighted by Crippen LogP contribution is -2.13. The van der Waals surface area contributed by atoms with Crippen molar-refractivity contribution < 1.29 is 38.0 Å². The molecule has 10 nitrogen and oxygen atoms in total. The van der Waals surface area contributed by atoms with E-state index in [0.717, 1.165) is 0 Å². The molecule has 0 saturated carbocycles. The average molecular weight is 717 g/mol. The largest absolute Gasteiger partial charge is 0.497 e. The molecule has 0 N–H and O–H groups in total. The van der Waals surface area contributed by atoms with Crippen molar-refractivity contribution in [3.8, 4) is 45.6 Å². The van der Waals surface area contributed by atoms with Gasteiger partial charge in [0.15, 0.2) is 0 Å². The lowest BCUT2D eigenvalue weighted by Gasteiger charge is -2.16. The first kappa shape index (κ1) is 33.9. The molecule has 2 aromatic heterocycles. The van der Waals surface area contributed by atoms with Crippen LogP contribution in [0.4, 0.5) is 0 Å². The van der Waals surface area contributed by atoms with Crippen molar-refractivity contribution in [2.75, 3.05) is 28.4 Å². The predicted octanol–water partition coefficient (Wildman–Crippen LogP) is 9.23. The molecule has 0 aliphatic heterocycles. The van der Waals surface area contributed by atoms with Gasteiger partial charge in [0.05, 0.1) is 61.6 Å². The highest BCUT2D eigenvalue weighted by molar-refractivity contribution is 6.17. The summed E-state index contributed by atoms with van der Waals surface area (Å²) in [4.78, 5) is 38.3. The van der Waals surface area contributed by atoms with E-state index in [-0.39, 0.29) is 11.5 Å². The van der Waals surface area contributed by atoms with Crippen LogP contribution in [0.25, 0.3) is 54.7 Å². The third-order valence-corrected chi connectivity index (χ3v) is 9.25. The maximum absolute atomic E-state index is 14.4. The number of methoxy groups -OCH3 is 4. The van der Waals surface area contributed by atoms with Gasteiger partial charge in [0, 0.05) is 32.7 Å². The van der Waals surface area contributed by atoms with Crippen LogP contribution in [0.5, 0.6) is 34.5 Å². The molecule has 0 aliphatic carbocycles. The van der Waals surface area contributed by atoms with E-state index in [4.69, 9.17) is 38.4 Å². The van der Waals surface area contributed by atoms with E-state index in [2.05, 4.69) is 0 Å². The van der Waals surface area contributed by atoms with Crippen molar-refractivity contribution in [2.45, 2.75) is 0 Å². The Bertz CT molecular complexity index is 2470. The number of nitrogens with zero attached hydrogens (tertiary/aromatic N) is 2. The molecular weight excluding hydrogens is 684 g/mol. The summed E-state index contributed by atoms with van der Waals surface area (Å²) < 4.78 is 34.4. The number of hydrogen-bond acceptors (Lipinski definition) is 10. The highest BCUT2D eigenvalue weighted by Crippen LogP contribution is 2.39. The number of pyridine rings is 2. The van der Waals surface area contributed by atoms with E-state index < -0.39 is 11.9 Å². The zero-order chi connectivity index (χ0) is 37.3. The van der Waals surface area contributed by atoms with Crippen LogP contribution in [0, 0.1) is 0 Å². The van der Waals surface area contributed by atoms with E-state index in [9.17, 15) is 9.59 Å². The van der Waals surface area contributed by atoms with Crippen molar-refractivity contribution in [1.29, 1.82) is 0 Å². The van der Waals surface area contributed by atoms with Crippen LogP contribution in [-0.4, -0.2) is 50.3 Å². The minimum atomic E-state index is -0.617. The Morgan fingerprint density at radius 3 is 1.00 bits per heavy atom. The van der Waals surface area contributed by atoms with Crippen molar-refractivity contribution in [3.63, 3.8) is 0 Å². The summed E-state index contributed by atoms with van der Waals surface area (Å²) in [6.07, 6.45) is 0. The fraction of sp³-hybridized carbons (Fsp3) is 0.0909. The highest BCUT2D eigenvalue weighted by atomic mass is 16.5. The van der Waals surface area contributed by atoms with Gasteiger partial charge in [-0.3, -0.25) is 0 Å². The number of benzene rings is 6. The molecule has 0 aliphatic rings. The van der Waals surface area contributed by atoms with Crippen molar-refractivity contribution in [2.24, 2.45) is 0 Å². The minimum Gasteiger partial charge on any atom is -0.497 e. The SMILES string of the molecule is COc1ccc2nc3ccc(OC)cc3c(C(=O)Oc3ccccc3-c3ccccc3OC(=O)c3c4cc(OC)ccc4nc4ccc(OC)cc34)c2c1. The molecule has 266 valence electrons. The van der Waals surface area contributed by atoms with Crippen molar-refractivity contribution in [3.05, 3.63) is 132 Å². The molecule has 8 aromatic rings. The fourth-order valence-electron chi connectivity index (χ4n) is 6.61. The predicted molar refractivity (Wildman–Crippen MR) is 207 cm³/mol. The first-order valence-electron chi connectivity index (χ1n) is 16.9. The fourth-order valence-corrected chi connectivity index (χ4v) is 6.61. The summed E-state index contributed by atoms with van der Waals surface area (Å²) in [6.45, 7) is 0. The lowest BCUT2D eigenvalue weighted by atomic mass is 10.0. The van der Waals surface area contributed by atoms with Gasteiger partial charge in [-0.05, 0) is 84.9 Å². The number of aromatic nitrogens is 2. The topological polar surface area (TPSA) is 115 Å². The van der Waals surface area contributed by atoms with E-state index in [1.54, 1.807) is 138 Å². The lowest BCUT2D eigenvalue weighted by molar-refractivity contribution is 0.0727. The Hall–Kier alpha value is -7.20. The van der Waals surface area contributed by atoms with Crippen molar-refractivity contribution >= 4 is 55.6 Å². The molecule has 0 spiro atoms. The van der Waals surface area contributed by atoms with Gasteiger partial charge in [-0.2, -0.15) is 0 Å². The van der Waals surface area contributed by atoms with E-state index >= 15 is 0 Å². The van der Waals surface area contributed by atoms with Gasteiger partial charge < -0.3 is 28.4 Å². The van der Waals surface area contributed by atoms with Gasteiger partial charge in [-0.25, -0.2) is 19.6 Å². The normalized spacial score (nSPS) is 11.1. The van der Waals surface area contributed by atoms with Crippen LogP contribution in [0.15, 0.2) is 121 Å². The molecule has 0 fully saturated rings. The number of carbonyl (C=O) groups excluding carboxylic acids is 2. The van der Waals surface area contributed by atoms with Gasteiger partial charge in [-0.1, -0.05) is 36.4 Å². The summed E-state index contributed by atoms with van der Waals surface area (Å²) >= 11 is 0. The molecule has 2 heterocycles. The first-order valence-corrected chi connectivity index (χ1v) is 16.9. The number of fused-ring (bicyclic) bond motifs is 4. The quantitative estimate of drug-likeness (QED) is 0.0813. The van der Waals surface area contributed by atoms with Crippen LogP contribution in [-0.2, 0) is 0 Å². The van der Waals surface area contributed by atoms with Crippen LogP contribution in [0.3, 0.4) is 0 Å². The van der Waals surface area contributed by atoms with Gasteiger partial charge >= 0.3 is 11.9 Å². The smallest absolute Gasteiger partial charge is 0.344 e. The Morgan fingerprint density at radius 1 is 0.407 bits per heavy atom. The molecule has 0 unspecified atom stereocenters. The average Bonchev–Trinajstić information content (AvgIpc) is 3.21. The summed E-state index contributed by atoms with van der Waals surface area (Å²) in [7, 11) is 6.24.